The predicted octanol–water partition coefficient (Wildman–Crippen LogP) is 3.61. The van der Waals surface area contributed by atoms with Crippen molar-refractivity contribution in [1.29, 1.82) is 0 Å². The lowest BCUT2D eigenvalue weighted by molar-refractivity contribution is -0.384. The van der Waals surface area contributed by atoms with Crippen molar-refractivity contribution >= 4 is 38.2 Å². The maximum atomic E-state index is 12.4. The van der Waals surface area contributed by atoms with Crippen LogP contribution in [0.4, 0.5) is 17.2 Å². The van der Waals surface area contributed by atoms with E-state index in [-0.39, 0.29) is 17.1 Å². The Labute approximate surface area is 194 Å². The molecule has 0 fully saturated rings. The van der Waals surface area contributed by atoms with Crippen LogP contribution in [0.15, 0.2) is 65.6 Å². The molecule has 0 bridgehead atoms. The van der Waals surface area contributed by atoms with Gasteiger partial charge in [0, 0.05) is 12.1 Å². The molecule has 0 spiro atoms. The number of methoxy groups -OCH3 is 2. The van der Waals surface area contributed by atoms with E-state index >= 15 is 0 Å². The number of sulfonamides is 1. The number of ether oxygens (including phenoxy) is 2. The van der Waals surface area contributed by atoms with Gasteiger partial charge in [-0.25, -0.2) is 23.5 Å². The number of aromatic nitrogens is 2. The lowest BCUT2D eigenvalue weighted by atomic mass is 10.1. The van der Waals surface area contributed by atoms with Gasteiger partial charge in [-0.3, -0.25) is 10.1 Å². The maximum absolute atomic E-state index is 12.4. The molecule has 0 radical (unpaired) electrons. The van der Waals surface area contributed by atoms with Crippen LogP contribution in [-0.2, 0) is 10.0 Å². The summed E-state index contributed by atoms with van der Waals surface area (Å²) in [7, 11) is -1.38. The number of nitro groups is 1. The summed E-state index contributed by atoms with van der Waals surface area (Å²) in [4.78, 5) is 19.8. The summed E-state index contributed by atoms with van der Waals surface area (Å²) in [5.74, 6) is 0.995. The number of benzene rings is 3. The number of para-hydroxylation sites is 2. The Morgan fingerprint density at radius 2 is 1.68 bits per heavy atom. The standard InChI is InChI=1S/C22H19N5O6S/c1-32-13-10-11-18(33-2)16(12-13)26-22-21(24-14-6-3-4-7-15(14)25-22)20-17(27(28)29)8-5-9-19(20)34(23,30)31/h3-12H,1-2H3,(H,25,26)(H2,23,30,31). The second kappa shape index (κ2) is 8.92. The minimum Gasteiger partial charge on any atom is -0.497 e. The van der Waals surface area contributed by atoms with Crippen molar-refractivity contribution < 1.29 is 22.8 Å². The minimum absolute atomic E-state index is 0.0597. The molecule has 0 saturated carbocycles. The molecule has 3 aromatic carbocycles. The number of primary sulfonamides is 1. The zero-order valence-electron chi connectivity index (χ0n) is 18.1. The molecule has 0 aliphatic carbocycles. The number of nitrogens with one attached hydrogen (secondary N) is 1. The van der Waals surface area contributed by atoms with Crippen molar-refractivity contribution in [2.45, 2.75) is 4.90 Å². The number of nitrogens with two attached hydrogens (primary N) is 1. The normalized spacial score (nSPS) is 11.3. The summed E-state index contributed by atoms with van der Waals surface area (Å²) in [6.45, 7) is 0. The average Bonchev–Trinajstić information content (AvgIpc) is 2.82. The van der Waals surface area contributed by atoms with E-state index < -0.39 is 25.5 Å². The molecule has 0 amide bonds. The van der Waals surface area contributed by atoms with Gasteiger partial charge < -0.3 is 14.8 Å². The number of hydrogen-bond acceptors (Lipinski definition) is 9. The van der Waals surface area contributed by atoms with E-state index in [0.29, 0.717) is 28.2 Å². The Morgan fingerprint density at radius 3 is 2.29 bits per heavy atom. The average molecular weight is 481 g/mol. The van der Waals surface area contributed by atoms with Crippen molar-refractivity contribution in [3.05, 3.63) is 70.8 Å². The quantitative estimate of drug-likeness (QED) is 0.297. The summed E-state index contributed by atoms with van der Waals surface area (Å²) in [6.07, 6.45) is 0. The van der Waals surface area contributed by atoms with Crippen molar-refractivity contribution in [2.75, 3.05) is 19.5 Å². The highest BCUT2D eigenvalue weighted by Crippen LogP contribution is 2.40. The van der Waals surface area contributed by atoms with Gasteiger partial charge in [-0.05, 0) is 30.3 Å². The lowest BCUT2D eigenvalue weighted by Crippen LogP contribution is -2.15. The first-order valence-electron chi connectivity index (χ1n) is 9.79. The first kappa shape index (κ1) is 22.9. The minimum atomic E-state index is -4.35. The maximum Gasteiger partial charge on any atom is 0.280 e. The Hall–Kier alpha value is -4.29. The Balaban J connectivity index is 2.06. The van der Waals surface area contributed by atoms with Gasteiger partial charge in [0.1, 0.15) is 22.8 Å². The summed E-state index contributed by atoms with van der Waals surface area (Å²) in [6, 6.07) is 15.4. The molecule has 0 unspecified atom stereocenters. The zero-order valence-corrected chi connectivity index (χ0v) is 18.9. The number of nitro benzene ring substituents is 1. The van der Waals surface area contributed by atoms with Gasteiger partial charge in [-0.1, -0.05) is 18.2 Å². The Kier molecular flexibility index (Phi) is 6.01. The van der Waals surface area contributed by atoms with E-state index in [1.807, 2.05) is 0 Å². The molecule has 12 heteroatoms. The first-order valence-corrected chi connectivity index (χ1v) is 11.3. The highest BCUT2D eigenvalue weighted by atomic mass is 32.2. The van der Waals surface area contributed by atoms with Gasteiger partial charge in [0.15, 0.2) is 5.82 Å². The molecule has 0 aliphatic heterocycles. The van der Waals surface area contributed by atoms with Crippen LogP contribution >= 0.6 is 0 Å². The van der Waals surface area contributed by atoms with Gasteiger partial charge in [0.2, 0.25) is 10.0 Å². The fourth-order valence-corrected chi connectivity index (χ4v) is 4.20. The van der Waals surface area contributed by atoms with E-state index in [1.165, 1.54) is 32.4 Å². The van der Waals surface area contributed by atoms with Crippen LogP contribution in [0.2, 0.25) is 0 Å². The smallest absolute Gasteiger partial charge is 0.280 e. The first-order chi connectivity index (χ1) is 16.2. The molecular formula is C22H19N5O6S. The van der Waals surface area contributed by atoms with Crippen LogP contribution in [0.25, 0.3) is 22.3 Å². The molecule has 1 aromatic heterocycles. The molecule has 0 aliphatic rings. The fourth-order valence-electron chi connectivity index (χ4n) is 3.45. The SMILES string of the molecule is COc1ccc(OC)c(Nc2nc3ccccc3nc2-c2c([N+](=O)[O-])cccc2S(N)(=O)=O)c1. The molecule has 1 heterocycles. The van der Waals surface area contributed by atoms with Crippen LogP contribution < -0.4 is 19.9 Å². The molecule has 0 atom stereocenters. The van der Waals surface area contributed by atoms with Gasteiger partial charge in [-0.2, -0.15) is 0 Å². The number of hydrogen-bond donors (Lipinski definition) is 2. The van der Waals surface area contributed by atoms with E-state index in [4.69, 9.17) is 14.6 Å². The van der Waals surface area contributed by atoms with Gasteiger partial charge in [0.05, 0.1) is 40.8 Å². The Bertz CT molecular complexity index is 1520. The van der Waals surface area contributed by atoms with Gasteiger partial charge >= 0.3 is 0 Å². The fraction of sp³-hybridized carbons (Fsp3) is 0.0909. The van der Waals surface area contributed by atoms with Crippen molar-refractivity contribution in [2.24, 2.45) is 5.14 Å². The van der Waals surface area contributed by atoms with Crippen LogP contribution in [0, 0.1) is 10.1 Å². The second-order valence-corrected chi connectivity index (χ2v) is 8.58. The Morgan fingerprint density at radius 1 is 0.971 bits per heavy atom. The largest absolute Gasteiger partial charge is 0.497 e. The highest BCUT2D eigenvalue weighted by molar-refractivity contribution is 7.89. The van der Waals surface area contributed by atoms with E-state index in [1.54, 1.807) is 42.5 Å². The molecular weight excluding hydrogens is 462 g/mol. The number of nitrogens with zero attached hydrogens (tertiary/aromatic N) is 3. The molecule has 34 heavy (non-hydrogen) atoms. The topological polar surface area (TPSA) is 160 Å². The monoisotopic (exact) mass is 481 g/mol. The highest BCUT2D eigenvalue weighted by Gasteiger charge is 2.29. The van der Waals surface area contributed by atoms with Crippen molar-refractivity contribution in [3.8, 4) is 22.8 Å². The van der Waals surface area contributed by atoms with Crippen LogP contribution in [0.3, 0.4) is 0 Å². The third kappa shape index (κ3) is 4.31. The van der Waals surface area contributed by atoms with E-state index in [0.717, 1.165) is 0 Å². The second-order valence-electron chi connectivity index (χ2n) is 7.05. The van der Waals surface area contributed by atoms with Gasteiger partial charge in [0.25, 0.3) is 5.69 Å². The van der Waals surface area contributed by atoms with Crippen LogP contribution in [0.5, 0.6) is 11.5 Å². The van der Waals surface area contributed by atoms with Crippen molar-refractivity contribution in [1.82, 2.24) is 9.97 Å². The lowest BCUT2D eigenvalue weighted by Gasteiger charge is -2.16. The summed E-state index contributed by atoms with van der Waals surface area (Å²) >= 11 is 0. The molecule has 11 nitrogen and oxygen atoms in total. The van der Waals surface area contributed by atoms with Crippen LogP contribution in [-0.4, -0.2) is 37.5 Å². The molecule has 4 aromatic rings. The van der Waals surface area contributed by atoms with Gasteiger partial charge in [-0.15, -0.1) is 0 Å². The number of fused-ring (bicyclic) bond motifs is 1. The molecule has 174 valence electrons. The number of anilines is 2. The van der Waals surface area contributed by atoms with Crippen molar-refractivity contribution in [3.63, 3.8) is 0 Å². The molecule has 0 saturated heterocycles. The third-order valence-electron chi connectivity index (χ3n) is 4.97. The molecule has 4 rings (SSSR count). The summed E-state index contributed by atoms with van der Waals surface area (Å²) in [5, 5.41) is 20.3. The predicted molar refractivity (Wildman–Crippen MR) is 126 cm³/mol. The summed E-state index contributed by atoms with van der Waals surface area (Å²) in [5.41, 5.74) is 0.461. The van der Waals surface area contributed by atoms with E-state index in [2.05, 4.69) is 15.3 Å². The van der Waals surface area contributed by atoms with E-state index in [9.17, 15) is 18.5 Å². The zero-order chi connectivity index (χ0) is 24.5. The van der Waals surface area contributed by atoms with Crippen LogP contribution in [0.1, 0.15) is 0 Å². The summed E-state index contributed by atoms with van der Waals surface area (Å²) < 4.78 is 35.4. The third-order valence-corrected chi connectivity index (χ3v) is 5.93. The number of rotatable bonds is 7. The molecule has 3 N–H and O–H groups in total.